The number of amides is 1. The molecule has 0 saturated heterocycles. The minimum absolute atomic E-state index is 0.0556. The fraction of sp³-hybridized carbons (Fsp3) is 0.538. The van der Waals surface area contributed by atoms with Crippen molar-refractivity contribution in [2.45, 2.75) is 38.2 Å². The predicted molar refractivity (Wildman–Crippen MR) is 71.6 cm³/mol. The molecule has 1 aliphatic carbocycles. The van der Waals surface area contributed by atoms with Crippen LogP contribution >= 0.6 is 15.9 Å². The number of anilines is 1. The quantitative estimate of drug-likeness (QED) is 0.811. The van der Waals surface area contributed by atoms with E-state index in [-0.39, 0.29) is 12.0 Å². The second kappa shape index (κ2) is 4.88. The van der Waals surface area contributed by atoms with Gasteiger partial charge in [-0.1, -0.05) is 19.3 Å². The number of ether oxygens (including phenoxy) is 1. The monoisotopic (exact) mass is 310 g/mol. The van der Waals surface area contributed by atoms with E-state index in [4.69, 9.17) is 4.74 Å². The van der Waals surface area contributed by atoms with Crippen molar-refractivity contribution >= 4 is 27.7 Å². The first-order chi connectivity index (χ1) is 8.74. The Bertz CT molecular complexity index is 472. The van der Waals surface area contributed by atoms with Gasteiger partial charge in [0.15, 0.2) is 17.7 Å². The van der Waals surface area contributed by atoms with Crippen LogP contribution in [0.25, 0.3) is 0 Å². The second-order valence-electron chi connectivity index (χ2n) is 4.91. The molecule has 1 aromatic heterocycles. The highest BCUT2D eigenvalue weighted by Gasteiger charge is 2.35. The first kappa shape index (κ1) is 12.0. The Morgan fingerprint density at radius 1 is 1.28 bits per heavy atom. The highest BCUT2D eigenvalue weighted by Crippen LogP contribution is 2.35. The summed E-state index contributed by atoms with van der Waals surface area (Å²) in [5.41, 5.74) is 0. The molecule has 0 radical (unpaired) electrons. The highest BCUT2D eigenvalue weighted by molar-refractivity contribution is 9.10. The maximum Gasteiger partial charge on any atom is 0.266 e. The van der Waals surface area contributed by atoms with Gasteiger partial charge in [-0.25, -0.2) is 4.98 Å². The van der Waals surface area contributed by atoms with E-state index in [0.717, 1.165) is 12.8 Å². The molecule has 1 saturated carbocycles. The van der Waals surface area contributed by atoms with Gasteiger partial charge in [0.1, 0.15) is 4.60 Å². The van der Waals surface area contributed by atoms with E-state index in [0.29, 0.717) is 22.1 Å². The van der Waals surface area contributed by atoms with Crippen LogP contribution in [0.3, 0.4) is 0 Å². The third-order valence-electron chi connectivity index (χ3n) is 3.66. The average molecular weight is 311 g/mol. The van der Waals surface area contributed by atoms with Crippen molar-refractivity contribution in [3.63, 3.8) is 0 Å². The zero-order valence-electron chi connectivity index (χ0n) is 9.99. The maximum atomic E-state index is 12.1. The van der Waals surface area contributed by atoms with E-state index in [1.54, 1.807) is 0 Å². The number of carbonyl (C=O) groups excluding carboxylic acids is 1. The molecular formula is C13H15BrN2O2. The van der Waals surface area contributed by atoms with E-state index in [1.807, 2.05) is 12.1 Å². The maximum absolute atomic E-state index is 12.1. The van der Waals surface area contributed by atoms with Crippen molar-refractivity contribution in [1.29, 1.82) is 0 Å². The molecule has 0 bridgehead atoms. The van der Waals surface area contributed by atoms with Gasteiger partial charge in [0.25, 0.3) is 5.91 Å². The number of nitrogens with zero attached hydrogens (tertiary/aromatic N) is 1. The summed E-state index contributed by atoms with van der Waals surface area (Å²) in [6, 6.07) is 3.68. The lowest BCUT2D eigenvalue weighted by Crippen LogP contribution is -2.43. The summed E-state index contributed by atoms with van der Waals surface area (Å²) < 4.78 is 6.54. The van der Waals surface area contributed by atoms with Gasteiger partial charge in [0.2, 0.25) is 0 Å². The molecule has 1 unspecified atom stereocenters. The van der Waals surface area contributed by atoms with Gasteiger partial charge in [-0.15, -0.1) is 0 Å². The molecule has 1 fully saturated rings. The molecule has 1 aliphatic heterocycles. The summed E-state index contributed by atoms with van der Waals surface area (Å²) in [5, 5.41) is 2.84. The highest BCUT2D eigenvalue weighted by atomic mass is 79.9. The summed E-state index contributed by atoms with van der Waals surface area (Å²) in [5.74, 6) is 1.48. The van der Waals surface area contributed by atoms with Crippen LogP contribution in [-0.2, 0) is 4.79 Å². The summed E-state index contributed by atoms with van der Waals surface area (Å²) in [6.07, 6.45) is 5.48. The number of rotatable bonds is 1. The molecule has 2 aliphatic rings. The number of carbonyl (C=O) groups is 1. The lowest BCUT2D eigenvalue weighted by molar-refractivity contribution is -0.126. The fourth-order valence-corrected chi connectivity index (χ4v) is 3.04. The van der Waals surface area contributed by atoms with Crippen LogP contribution in [-0.4, -0.2) is 17.0 Å². The molecule has 3 rings (SSSR count). The zero-order chi connectivity index (χ0) is 12.5. The van der Waals surface area contributed by atoms with Gasteiger partial charge in [0, 0.05) is 5.92 Å². The molecule has 18 heavy (non-hydrogen) atoms. The smallest absolute Gasteiger partial charge is 0.266 e. The third-order valence-corrected chi connectivity index (χ3v) is 4.10. The fourth-order valence-electron chi connectivity index (χ4n) is 2.73. The second-order valence-corrected chi connectivity index (χ2v) is 5.72. The van der Waals surface area contributed by atoms with E-state index in [2.05, 4.69) is 26.2 Å². The number of pyridine rings is 1. The molecule has 0 spiro atoms. The van der Waals surface area contributed by atoms with E-state index < -0.39 is 0 Å². The van der Waals surface area contributed by atoms with Crippen LogP contribution < -0.4 is 10.1 Å². The minimum atomic E-state index is -0.347. The molecule has 0 aromatic carbocycles. The zero-order valence-corrected chi connectivity index (χ0v) is 11.6. The van der Waals surface area contributed by atoms with Crippen molar-refractivity contribution in [1.82, 2.24) is 4.98 Å². The van der Waals surface area contributed by atoms with E-state index in [9.17, 15) is 4.79 Å². The number of hydrogen-bond donors (Lipinski definition) is 1. The summed E-state index contributed by atoms with van der Waals surface area (Å²) in [6.45, 7) is 0. The standard InChI is InChI=1S/C13H15BrN2O2/c14-10-7-6-9-12(15-10)16-13(17)11(18-9)8-4-2-1-3-5-8/h6-8,11H,1-5H2,(H,15,16,17). The molecule has 1 N–H and O–H groups in total. The molecule has 1 atom stereocenters. The van der Waals surface area contributed by atoms with Crippen molar-refractivity contribution in [3.05, 3.63) is 16.7 Å². The van der Waals surface area contributed by atoms with Gasteiger partial charge < -0.3 is 10.1 Å². The Hall–Kier alpha value is -1.10. The van der Waals surface area contributed by atoms with Crippen molar-refractivity contribution in [2.24, 2.45) is 5.92 Å². The SMILES string of the molecule is O=C1Nc2nc(Br)ccc2OC1C1CCCCC1. The molecule has 5 heteroatoms. The summed E-state index contributed by atoms with van der Waals surface area (Å²) in [7, 11) is 0. The van der Waals surface area contributed by atoms with Crippen LogP contribution in [0, 0.1) is 5.92 Å². The van der Waals surface area contributed by atoms with Gasteiger partial charge >= 0.3 is 0 Å². The van der Waals surface area contributed by atoms with Gasteiger partial charge in [0.05, 0.1) is 0 Å². The Morgan fingerprint density at radius 2 is 2.06 bits per heavy atom. The van der Waals surface area contributed by atoms with Crippen LogP contribution in [0.2, 0.25) is 0 Å². The normalized spacial score (nSPS) is 24.1. The van der Waals surface area contributed by atoms with Crippen molar-refractivity contribution in [2.75, 3.05) is 5.32 Å². The van der Waals surface area contributed by atoms with Crippen LogP contribution in [0.5, 0.6) is 5.75 Å². The van der Waals surface area contributed by atoms with E-state index in [1.165, 1.54) is 19.3 Å². The summed E-state index contributed by atoms with van der Waals surface area (Å²) in [4.78, 5) is 16.3. The van der Waals surface area contributed by atoms with Crippen molar-refractivity contribution < 1.29 is 9.53 Å². The largest absolute Gasteiger partial charge is 0.476 e. The number of aromatic nitrogens is 1. The lowest BCUT2D eigenvalue weighted by atomic mass is 9.84. The minimum Gasteiger partial charge on any atom is -0.476 e. The molecular weight excluding hydrogens is 296 g/mol. The van der Waals surface area contributed by atoms with Crippen LogP contribution in [0.4, 0.5) is 5.82 Å². The van der Waals surface area contributed by atoms with Crippen LogP contribution in [0.15, 0.2) is 16.7 Å². The van der Waals surface area contributed by atoms with Crippen molar-refractivity contribution in [3.8, 4) is 5.75 Å². The number of nitrogens with one attached hydrogen (secondary N) is 1. The number of hydrogen-bond acceptors (Lipinski definition) is 3. The Labute approximate surface area is 114 Å². The predicted octanol–water partition coefficient (Wildman–Crippen LogP) is 3.12. The average Bonchev–Trinajstić information content (AvgIpc) is 2.39. The molecule has 1 aromatic rings. The Balaban J connectivity index is 1.82. The summed E-state index contributed by atoms with van der Waals surface area (Å²) >= 11 is 3.28. The topological polar surface area (TPSA) is 51.2 Å². The lowest BCUT2D eigenvalue weighted by Gasteiger charge is -2.32. The first-order valence-corrected chi connectivity index (χ1v) is 7.17. The van der Waals surface area contributed by atoms with E-state index >= 15 is 0 Å². The molecule has 96 valence electrons. The first-order valence-electron chi connectivity index (χ1n) is 6.38. The van der Waals surface area contributed by atoms with Gasteiger partial charge in [-0.3, -0.25) is 4.79 Å². The van der Waals surface area contributed by atoms with Gasteiger partial charge in [-0.2, -0.15) is 0 Å². The molecule has 2 heterocycles. The number of fused-ring (bicyclic) bond motifs is 1. The third kappa shape index (κ3) is 2.23. The molecule has 1 amide bonds. The Morgan fingerprint density at radius 3 is 2.83 bits per heavy atom. The molecule has 4 nitrogen and oxygen atoms in total. The van der Waals surface area contributed by atoms with Crippen LogP contribution in [0.1, 0.15) is 32.1 Å². The Kier molecular flexibility index (Phi) is 3.24. The number of halogens is 1. The van der Waals surface area contributed by atoms with Gasteiger partial charge in [-0.05, 0) is 40.9 Å².